The second kappa shape index (κ2) is 70.8. The monoisotopic (exact) mass is 1140 g/mol. The van der Waals surface area contributed by atoms with Crippen LogP contribution in [-0.2, 0) is 14.3 Å². The lowest BCUT2D eigenvalue weighted by Gasteiger charge is -2.20. The molecule has 6 heteroatoms. The molecule has 0 heterocycles. The number of hydrogen-bond acceptors (Lipinski definition) is 5. The van der Waals surface area contributed by atoms with Gasteiger partial charge in [0.05, 0.1) is 25.4 Å². The molecule has 480 valence electrons. The largest absolute Gasteiger partial charge is 0.466 e. The van der Waals surface area contributed by atoms with Crippen molar-refractivity contribution in [3.8, 4) is 0 Å². The highest BCUT2D eigenvalue weighted by Gasteiger charge is 2.18. The summed E-state index contributed by atoms with van der Waals surface area (Å²) in [6.07, 6.45) is 89.8. The average molecular weight is 1140 g/mol. The van der Waals surface area contributed by atoms with Gasteiger partial charge >= 0.3 is 5.97 Å². The van der Waals surface area contributed by atoms with E-state index >= 15 is 0 Å². The molecule has 6 nitrogen and oxygen atoms in total. The van der Waals surface area contributed by atoms with Gasteiger partial charge in [-0.3, -0.25) is 9.59 Å². The van der Waals surface area contributed by atoms with Gasteiger partial charge in [0.25, 0.3) is 0 Å². The van der Waals surface area contributed by atoms with Crippen molar-refractivity contribution in [1.29, 1.82) is 0 Å². The van der Waals surface area contributed by atoms with Crippen molar-refractivity contribution in [2.45, 2.75) is 431 Å². The van der Waals surface area contributed by atoms with Crippen LogP contribution in [0, 0.1) is 0 Å². The summed E-state index contributed by atoms with van der Waals surface area (Å²) in [5.74, 6) is -0.0530. The highest BCUT2D eigenvalue weighted by molar-refractivity contribution is 5.76. The fourth-order valence-electron chi connectivity index (χ4n) is 11.8. The summed E-state index contributed by atoms with van der Waals surface area (Å²) in [6.45, 7) is 4.95. The van der Waals surface area contributed by atoms with Crippen LogP contribution in [0.2, 0.25) is 0 Å². The van der Waals surface area contributed by atoms with Gasteiger partial charge in [0, 0.05) is 12.8 Å². The third-order valence-corrected chi connectivity index (χ3v) is 17.5. The molecule has 0 aromatic carbocycles. The number of aliphatic hydroxyl groups is 2. The third-order valence-electron chi connectivity index (χ3n) is 17.5. The summed E-state index contributed by atoms with van der Waals surface area (Å²) in [5.41, 5.74) is 0. The summed E-state index contributed by atoms with van der Waals surface area (Å²) < 4.78 is 5.51. The predicted octanol–water partition coefficient (Wildman–Crippen LogP) is 24.1. The standard InChI is InChI=1S/C75H145NO5/c1-3-5-7-9-11-13-15-17-19-21-23-24-28-32-35-39-43-47-51-55-59-63-67-73(78)72(71-77)76-74(79)68-64-60-56-52-48-44-40-36-33-29-26-25-27-30-34-38-42-46-50-54-58-62-66-70-81-75(80)69-65-61-57-53-49-45-41-37-31-22-20-18-16-14-12-10-8-6-4-2/h29,33,63,67,72-73,77-78H,3-28,30-32,34-62,64-66,68-71H2,1-2H3,(H,76,79)/b33-29-,67-63+. The molecule has 3 N–H and O–H groups in total. The maximum absolute atomic E-state index is 12.5. The van der Waals surface area contributed by atoms with Gasteiger partial charge in [0.15, 0.2) is 0 Å². The fraction of sp³-hybridized carbons (Fsp3) is 0.920. The molecule has 0 rings (SSSR count). The summed E-state index contributed by atoms with van der Waals surface area (Å²) in [5, 5.41) is 23.3. The molecule has 0 aromatic heterocycles. The highest BCUT2D eigenvalue weighted by Crippen LogP contribution is 2.19. The van der Waals surface area contributed by atoms with E-state index in [1.54, 1.807) is 6.08 Å². The Labute approximate surface area is 507 Å². The Morgan fingerprint density at radius 1 is 0.333 bits per heavy atom. The molecule has 2 atom stereocenters. The van der Waals surface area contributed by atoms with Gasteiger partial charge in [0.1, 0.15) is 0 Å². The van der Waals surface area contributed by atoms with Crippen molar-refractivity contribution in [1.82, 2.24) is 5.32 Å². The van der Waals surface area contributed by atoms with Gasteiger partial charge < -0.3 is 20.3 Å². The molecule has 0 aliphatic heterocycles. The zero-order chi connectivity index (χ0) is 58.5. The van der Waals surface area contributed by atoms with Crippen molar-refractivity contribution in [3.63, 3.8) is 0 Å². The van der Waals surface area contributed by atoms with Crippen molar-refractivity contribution >= 4 is 11.9 Å². The average Bonchev–Trinajstić information content (AvgIpc) is 3.47. The van der Waals surface area contributed by atoms with Crippen LogP contribution in [0.15, 0.2) is 24.3 Å². The molecule has 81 heavy (non-hydrogen) atoms. The first kappa shape index (κ1) is 79.3. The van der Waals surface area contributed by atoms with Crippen LogP contribution in [-0.4, -0.2) is 47.4 Å². The first-order chi connectivity index (χ1) is 40.0. The number of nitrogens with one attached hydrogen (secondary N) is 1. The Balaban J connectivity index is 3.41. The quantitative estimate of drug-likeness (QED) is 0.0320. The summed E-state index contributed by atoms with van der Waals surface area (Å²) in [4.78, 5) is 24.7. The lowest BCUT2D eigenvalue weighted by Crippen LogP contribution is -2.45. The fourth-order valence-corrected chi connectivity index (χ4v) is 11.8. The number of unbranched alkanes of at least 4 members (excludes halogenated alkanes) is 57. The summed E-state index contributed by atoms with van der Waals surface area (Å²) >= 11 is 0. The van der Waals surface area contributed by atoms with Gasteiger partial charge in [-0.15, -0.1) is 0 Å². The van der Waals surface area contributed by atoms with E-state index < -0.39 is 12.1 Å². The summed E-state index contributed by atoms with van der Waals surface area (Å²) in [6, 6.07) is -0.634. The van der Waals surface area contributed by atoms with Crippen LogP contribution in [0.25, 0.3) is 0 Å². The lowest BCUT2D eigenvalue weighted by molar-refractivity contribution is -0.143. The number of amides is 1. The number of esters is 1. The molecule has 0 aliphatic rings. The molecule has 0 saturated carbocycles. The number of allylic oxidation sites excluding steroid dienone is 3. The summed E-state index contributed by atoms with van der Waals surface area (Å²) in [7, 11) is 0. The lowest BCUT2D eigenvalue weighted by atomic mass is 10.0. The van der Waals surface area contributed by atoms with E-state index in [9.17, 15) is 19.8 Å². The number of carbonyl (C=O) groups excluding carboxylic acids is 2. The van der Waals surface area contributed by atoms with E-state index in [2.05, 4.69) is 31.3 Å². The highest BCUT2D eigenvalue weighted by atomic mass is 16.5. The zero-order valence-electron chi connectivity index (χ0n) is 55.0. The second-order valence-corrected chi connectivity index (χ2v) is 25.6. The van der Waals surface area contributed by atoms with E-state index in [0.717, 1.165) is 44.9 Å². The SMILES string of the molecule is CCCCCCCCCCCCCCCCCCCCCC/C=C/C(O)C(CO)NC(=O)CCCCCCCCC/C=C\CCCCCCCCCCCCCCOC(=O)CCCCCCCCCCCCCCCCCCCCC. The molecule has 0 radical (unpaired) electrons. The molecule has 0 spiro atoms. The molecule has 2 unspecified atom stereocenters. The predicted molar refractivity (Wildman–Crippen MR) is 356 cm³/mol. The van der Waals surface area contributed by atoms with Gasteiger partial charge in [0.2, 0.25) is 5.91 Å². The Hall–Kier alpha value is -1.66. The van der Waals surface area contributed by atoms with Crippen LogP contribution in [0.1, 0.15) is 418 Å². The van der Waals surface area contributed by atoms with Crippen LogP contribution in [0.4, 0.5) is 0 Å². The molecular formula is C75H145NO5. The van der Waals surface area contributed by atoms with Crippen molar-refractivity contribution in [3.05, 3.63) is 24.3 Å². The molecular weight excluding hydrogens is 995 g/mol. The molecule has 0 saturated heterocycles. The Bertz CT molecular complexity index is 1270. The molecule has 0 bridgehead atoms. The maximum atomic E-state index is 12.5. The van der Waals surface area contributed by atoms with Gasteiger partial charge in [-0.1, -0.05) is 372 Å². The van der Waals surface area contributed by atoms with Crippen molar-refractivity contribution in [2.24, 2.45) is 0 Å². The van der Waals surface area contributed by atoms with Crippen LogP contribution in [0.3, 0.4) is 0 Å². The minimum atomic E-state index is -0.850. The van der Waals surface area contributed by atoms with Gasteiger partial charge in [-0.2, -0.15) is 0 Å². The molecule has 1 amide bonds. The van der Waals surface area contributed by atoms with Gasteiger partial charge in [-0.25, -0.2) is 0 Å². The van der Waals surface area contributed by atoms with Crippen LogP contribution >= 0.6 is 0 Å². The third kappa shape index (κ3) is 67.3. The normalized spacial score (nSPS) is 12.6. The van der Waals surface area contributed by atoms with Crippen LogP contribution in [0.5, 0.6) is 0 Å². The number of aliphatic hydroxyl groups excluding tert-OH is 2. The number of rotatable bonds is 70. The number of hydrogen-bond donors (Lipinski definition) is 3. The Morgan fingerprint density at radius 2 is 0.580 bits per heavy atom. The van der Waals surface area contributed by atoms with E-state index in [4.69, 9.17) is 4.74 Å². The Kier molecular flexibility index (Phi) is 69.4. The first-order valence-corrected chi connectivity index (χ1v) is 37.1. The van der Waals surface area contributed by atoms with E-state index in [-0.39, 0.29) is 18.5 Å². The number of carbonyl (C=O) groups is 2. The minimum Gasteiger partial charge on any atom is -0.466 e. The topological polar surface area (TPSA) is 95.9 Å². The first-order valence-electron chi connectivity index (χ1n) is 37.1. The van der Waals surface area contributed by atoms with Crippen molar-refractivity contribution < 1.29 is 24.5 Å². The van der Waals surface area contributed by atoms with Crippen LogP contribution < -0.4 is 5.32 Å². The molecule has 0 aliphatic carbocycles. The Morgan fingerprint density at radius 3 is 0.877 bits per heavy atom. The van der Waals surface area contributed by atoms with E-state index in [1.165, 1.54) is 347 Å². The van der Waals surface area contributed by atoms with E-state index in [1.807, 2.05) is 6.08 Å². The molecule has 0 fully saturated rings. The maximum Gasteiger partial charge on any atom is 0.305 e. The minimum absolute atomic E-state index is 0.0168. The van der Waals surface area contributed by atoms with E-state index in [0.29, 0.717) is 19.4 Å². The van der Waals surface area contributed by atoms with Crippen molar-refractivity contribution in [2.75, 3.05) is 13.2 Å². The molecule has 0 aromatic rings. The van der Waals surface area contributed by atoms with Gasteiger partial charge in [-0.05, 0) is 57.8 Å². The zero-order valence-corrected chi connectivity index (χ0v) is 55.0. The smallest absolute Gasteiger partial charge is 0.305 e. The number of ether oxygens (including phenoxy) is 1. The second-order valence-electron chi connectivity index (χ2n) is 25.6.